The second-order valence-electron chi connectivity index (χ2n) is 6.35. The summed E-state index contributed by atoms with van der Waals surface area (Å²) in [5, 5.41) is 11.3. The molecule has 1 saturated carbocycles. The summed E-state index contributed by atoms with van der Waals surface area (Å²) in [5.74, 6) is 0.818. The van der Waals surface area contributed by atoms with E-state index in [2.05, 4.69) is 18.9 Å². The predicted octanol–water partition coefficient (Wildman–Crippen LogP) is 4.93. The standard InChI is InChI=1S/C17H25Cl2NO/c1-12-5-3-6-13(11-12)20(2)10-9-16(21)14-7-4-8-15(18)17(14)19/h4,7-8,12-13,16,21H,3,5-6,9-11H2,1-2H3. The van der Waals surface area contributed by atoms with Crippen molar-refractivity contribution in [2.45, 2.75) is 51.2 Å². The molecule has 2 rings (SSSR count). The van der Waals surface area contributed by atoms with Crippen LogP contribution >= 0.6 is 23.2 Å². The van der Waals surface area contributed by atoms with Crippen molar-refractivity contribution >= 4 is 23.2 Å². The molecule has 1 aliphatic rings. The Labute approximate surface area is 138 Å². The van der Waals surface area contributed by atoms with Crippen molar-refractivity contribution in [1.29, 1.82) is 0 Å². The van der Waals surface area contributed by atoms with E-state index in [0.29, 0.717) is 22.5 Å². The van der Waals surface area contributed by atoms with Crippen LogP contribution in [-0.2, 0) is 0 Å². The first-order valence-electron chi connectivity index (χ1n) is 7.81. The highest BCUT2D eigenvalue weighted by molar-refractivity contribution is 6.42. The fraction of sp³-hybridized carbons (Fsp3) is 0.647. The highest BCUT2D eigenvalue weighted by Gasteiger charge is 2.23. The third kappa shape index (κ3) is 4.59. The minimum atomic E-state index is -0.556. The fourth-order valence-corrected chi connectivity index (χ4v) is 3.68. The molecule has 0 radical (unpaired) electrons. The van der Waals surface area contributed by atoms with Gasteiger partial charge in [0.15, 0.2) is 0 Å². The van der Waals surface area contributed by atoms with E-state index in [0.717, 1.165) is 18.0 Å². The number of hydrogen-bond donors (Lipinski definition) is 1. The Hall–Kier alpha value is -0.280. The molecule has 0 spiro atoms. The second kappa shape index (κ2) is 7.82. The van der Waals surface area contributed by atoms with Gasteiger partial charge in [-0.1, -0.05) is 55.1 Å². The molecule has 0 aliphatic heterocycles. The van der Waals surface area contributed by atoms with Gasteiger partial charge in [0, 0.05) is 18.2 Å². The first-order valence-corrected chi connectivity index (χ1v) is 8.57. The third-order valence-electron chi connectivity index (χ3n) is 4.63. The van der Waals surface area contributed by atoms with Crippen LogP contribution < -0.4 is 0 Å². The molecule has 1 aliphatic carbocycles. The summed E-state index contributed by atoms with van der Waals surface area (Å²) >= 11 is 12.2. The van der Waals surface area contributed by atoms with Crippen molar-refractivity contribution < 1.29 is 5.11 Å². The molecule has 1 fully saturated rings. The van der Waals surface area contributed by atoms with Crippen molar-refractivity contribution in [2.75, 3.05) is 13.6 Å². The van der Waals surface area contributed by atoms with Gasteiger partial charge < -0.3 is 10.0 Å². The number of hydrogen-bond acceptors (Lipinski definition) is 2. The van der Waals surface area contributed by atoms with Gasteiger partial charge in [0.05, 0.1) is 16.1 Å². The Kier molecular flexibility index (Phi) is 6.36. The molecule has 21 heavy (non-hydrogen) atoms. The number of aliphatic hydroxyl groups excluding tert-OH is 1. The molecule has 2 nitrogen and oxygen atoms in total. The van der Waals surface area contributed by atoms with Crippen molar-refractivity contribution in [3.05, 3.63) is 33.8 Å². The van der Waals surface area contributed by atoms with Crippen LogP contribution in [0.4, 0.5) is 0 Å². The molecular formula is C17H25Cl2NO. The summed E-state index contributed by atoms with van der Waals surface area (Å²) in [6, 6.07) is 6.08. The lowest BCUT2D eigenvalue weighted by Crippen LogP contribution is -2.36. The maximum Gasteiger partial charge on any atom is 0.0817 e. The molecule has 3 unspecified atom stereocenters. The van der Waals surface area contributed by atoms with E-state index in [9.17, 15) is 5.11 Å². The average Bonchev–Trinajstić information content (AvgIpc) is 2.47. The Bertz CT molecular complexity index is 466. The molecule has 1 N–H and O–H groups in total. The van der Waals surface area contributed by atoms with Crippen LogP contribution in [0.2, 0.25) is 10.0 Å². The lowest BCUT2D eigenvalue weighted by Gasteiger charge is -2.34. The molecular weight excluding hydrogens is 305 g/mol. The van der Waals surface area contributed by atoms with Crippen molar-refractivity contribution in [1.82, 2.24) is 4.90 Å². The molecule has 0 saturated heterocycles. The van der Waals surface area contributed by atoms with Gasteiger partial charge in [-0.15, -0.1) is 0 Å². The Morgan fingerprint density at radius 3 is 2.81 bits per heavy atom. The summed E-state index contributed by atoms with van der Waals surface area (Å²) < 4.78 is 0. The maximum atomic E-state index is 10.4. The molecule has 0 heterocycles. The smallest absolute Gasteiger partial charge is 0.0817 e. The summed E-state index contributed by atoms with van der Waals surface area (Å²) in [5.41, 5.74) is 0.731. The van der Waals surface area contributed by atoms with Crippen LogP contribution in [0, 0.1) is 5.92 Å². The van der Waals surface area contributed by atoms with E-state index in [-0.39, 0.29) is 0 Å². The normalized spacial score (nSPS) is 24.3. The topological polar surface area (TPSA) is 23.5 Å². The highest BCUT2D eigenvalue weighted by atomic mass is 35.5. The highest BCUT2D eigenvalue weighted by Crippen LogP contribution is 2.32. The van der Waals surface area contributed by atoms with Crippen LogP contribution in [0.1, 0.15) is 50.7 Å². The lowest BCUT2D eigenvalue weighted by atomic mass is 9.86. The number of rotatable bonds is 5. The third-order valence-corrected chi connectivity index (χ3v) is 5.46. The minimum absolute atomic E-state index is 0.473. The van der Waals surface area contributed by atoms with Crippen LogP contribution in [-0.4, -0.2) is 29.6 Å². The fourth-order valence-electron chi connectivity index (χ4n) is 3.24. The molecule has 0 aromatic heterocycles. The van der Waals surface area contributed by atoms with E-state index < -0.39 is 6.10 Å². The second-order valence-corrected chi connectivity index (χ2v) is 7.14. The van der Waals surface area contributed by atoms with Crippen molar-refractivity contribution in [3.63, 3.8) is 0 Å². The summed E-state index contributed by atoms with van der Waals surface area (Å²) in [4.78, 5) is 2.39. The zero-order valence-electron chi connectivity index (χ0n) is 12.9. The molecule has 4 heteroatoms. The van der Waals surface area contributed by atoms with Gasteiger partial charge in [-0.2, -0.15) is 0 Å². The van der Waals surface area contributed by atoms with Crippen LogP contribution in [0.25, 0.3) is 0 Å². The van der Waals surface area contributed by atoms with Gasteiger partial charge in [-0.25, -0.2) is 0 Å². The SMILES string of the molecule is CC1CCCC(N(C)CCC(O)c2cccc(Cl)c2Cl)C1. The lowest BCUT2D eigenvalue weighted by molar-refractivity contribution is 0.116. The quantitative estimate of drug-likeness (QED) is 0.828. The van der Waals surface area contributed by atoms with E-state index in [1.807, 2.05) is 12.1 Å². The molecule has 3 atom stereocenters. The first-order chi connectivity index (χ1) is 9.99. The van der Waals surface area contributed by atoms with Gasteiger partial charge in [-0.05, 0) is 38.3 Å². The number of aliphatic hydroxyl groups is 1. The molecule has 1 aromatic rings. The molecule has 0 bridgehead atoms. The maximum absolute atomic E-state index is 10.4. The summed E-state index contributed by atoms with van der Waals surface area (Å²) in [6.07, 6.45) is 5.34. The Morgan fingerprint density at radius 1 is 1.33 bits per heavy atom. The molecule has 1 aromatic carbocycles. The number of benzene rings is 1. The first kappa shape index (κ1) is 17.1. The Morgan fingerprint density at radius 2 is 2.10 bits per heavy atom. The van der Waals surface area contributed by atoms with Gasteiger partial charge in [0.2, 0.25) is 0 Å². The predicted molar refractivity (Wildman–Crippen MR) is 90.1 cm³/mol. The zero-order valence-corrected chi connectivity index (χ0v) is 14.4. The van der Waals surface area contributed by atoms with Crippen LogP contribution in [0.15, 0.2) is 18.2 Å². The number of halogens is 2. The van der Waals surface area contributed by atoms with E-state index in [1.54, 1.807) is 6.07 Å². The largest absolute Gasteiger partial charge is 0.388 e. The monoisotopic (exact) mass is 329 g/mol. The van der Waals surface area contributed by atoms with Crippen LogP contribution in [0.3, 0.4) is 0 Å². The van der Waals surface area contributed by atoms with E-state index in [1.165, 1.54) is 25.7 Å². The Balaban J connectivity index is 1.88. The van der Waals surface area contributed by atoms with Crippen LogP contribution in [0.5, 0.6) is 0 Å². The average molecular weight is 330 g/mol. The summed E-state index contributed by atoms with van der Waals surface area (Å²) in [7, 11) is 2.16. The van der Waals surface area contributed by atoms with E-state index >= 15 is 0 Å². The summed E-state index contributed by atoms with van der Waals surface area (Å²) in [6.45, 7) is 3.21. The van der Waals surface area contributed by atoms with Gasteiger partial charge in [-0.3, -0.25) is 0 Å². The zero-order chi connectivity index (χ0) is 15.4. The van der Waals surface area contributed by atoms with E-state index in [4.69, 9.17) is 23.2 Å². The molecule has 0 amide bonds. The number of nitrogens with zero attached hydrogens (tertiary/aromatic N) is 1. The van der Waals surface area contributed by atoms with Crippen molar-refractivity contribution in [3.8, 4) is 0 Å². The van der Waals surface area contributed by atoms with Gasteiger partial charge in [0.1, 0.15) is 0 Å². The minimum Gasteiger partial charge on any atom is -0.388 e. The van der Waals surface area contributed by atoms with Gasteiger partial charge in [0.25, 0.3) is 0 Å². The molecule has 118 valence electrons. The van der Waals surface area contributed by atoms with Gasteiger partial charge >= 0.3 is 0 Å². The van der Waals surface area contributed by atoms with Crippen molar-refractivity contribution in [2.24, 2.45) is 5.92 Å².